The standard InChI is InChI=1S/C8H23N5.C7H6O3/c9-1-3-11-5-7-13-8-6-12-4-2-10;8-6-4-2-1-3-5(6)7(9)10/h11-13H,1-10H2;1-4,8H,(H,9,10). The van der Waals surface area contributed by atoms with Crippen molar-refractivity contribution in [3.63, 3.8) is 0 Å². The van der Waals surface area contributed by atoms with Crippen LogP contribution in [0, 0.1) is 0 Å². The first kappa shape index (κ1) is 21.3. The van der Waals surface area contributed by atoms with Gasteiger partial charge in [0.25, 0.3) is 0 Å². The first-order valence-corrected chi connectivity index (χ1v) is 7.67. The van der Waals surface area contributed by atoms with E-state index in [0.29, 0.717) is 13.1 Å². The molecule has 0 spiro atoms. The second-order valence-corrected chi connectivity index (χ2v) is 4.65. The number of aromatic hydroxyl groups is 1. The van der Waals surface area contributed by atoms with Crippen LogP contribution >= 0.6 is 0 Å². The lowest BCUT2D eigenvalue weighted by atomic mass is 10.2. The summed E-state index contributed by atoms with van der Waals surface area (Å²) >= 11 is 0. The van der Waals surface area contributed by atoms with Gasteiger partial charge in [0, 0.05) is 52.4 Å². The molecule has 0 aliphatic rings. The molecule has 8 nitrogen and oxygen atoms in total. The number of nitrogens with one attached hydrogen (secondary N) is 3. The largest absolute Gasteiger partial charge is 0.507 e. The molecule has 132 valence electrons. The minimum Gasteiger partial charge on any atom is -0.507 e. The maximum Gasteiger partial charge on any atom is 0.339 e. The first-order chi connectivity index (χ1) is 11.1. The van der Waals surface area contributed by atoms with Gasteiger partial charge in [0.1, 0.15) is 11.3 Å². The first-order valence-electron chi connectivity index (χ1n) is 7.67. The zero-order valence-electron chi connectivity index (χ0n) is 13.4. The third-order valence-electron chi connectivity index (χ3n) is 2.73. The number of aromatic carboxylic acids is 1. The Balaban J connectivity index is 0.000000433. The fourth-order valence-corrected chi connectivity index (χ4v) is 1.59. The van der Waals surface area contributed by atoms with E-state index < -0.39 is 5.97 Å². The van der Waals surface area contributed by atoms with Crippen molar-refractivity contribution in [2.75, 3.05) is 52.4 Å². The van der Waals surface area contributed by atoms with Gasteiger partial charge in [-0.2, -0.15) is 0 Å². The van der Waals surface area contributed by atoms with Gasteiger partial charge < -0.3 is 37.6 Å². The van der Waals surface area contributed by atoms with E-state index in [4.69, 9.17) is 21.7 Å². The summed E-state index contributed by atoms with van der Waals surface area (Å²) in [6, 6.07) is 5.81. The number of carbonyl (C=O) groups is 1. The molecule has 9 N–H and O–H groups in total. The predicted octanol–water partition coefficient (Wildman–Crippen LogP) is -1.24. The molecule has 8 heteroatoms. The molecule has 0 bridgehead atoms. The van der Waals surface area contributed by atoms with E-state index >= 15 is 0 Å². The third-order valence-corrected chi connectivity index (χ3v) is 2.73. The molecular formula is C15H29N5O3. The predicted molar refractivity (Wildman–Crippen MR) is 91.8 cm³/mol. The number of carboxylic acid groups (broad SMARTS) is 1. The molecule has 0 radical (unpaired) electrons. The molecule has 0 aromatic heterocycles. The molecule has 0 saturated heterocycles. The van der Waals surface area contributed by atoms with Gasteiger partial charge in [-0.3, -0.25) is 0 Å². The quantitative estimate of drug-likeness (QED) is 0.250. The number of nitrogens with two attached hydrogens (primary N) is 2. The Morgan fingerprint density at radius 2 is 1.30 bits per heavy atom. The Morgan fingerprint density at radius 1 is 0.870 bits per heavy atom. The Hall–Kier alpha value is -1.71. The molecular weight excluding hydrogens is 298 g/mol. The summed E-state index contributed by atoms with van der Waals surface area (Å²) in [5, 5.41) is 27.0. The smallest absolute Gasteiger partial charge is 0.339 e. The van der Waals surface area contributed by atoms with E-state index in [1.165, 1.54) is 12.1 Å². The van der Waals surface area contributed by atoms with Crippen LogP contribution < -0.4 is 27.4 Å². The lowest BCUT2D eigenvalue weighted by Gasteiger charge is -2.06. The minimum absolute atomic E-state index is 0.0671. The lowest BCUT2D eigenvalue weighted by molar-refractivity contribution is 0.0693. The van der Waals surface area contributed by atoms with Crippen molar-refractivity contribution in [1.82, 2.24) is 16.0 Å². The highest BCUT2D eigenvalue weighted by molar-refractivity contribution is 5.90. The van der Waals surface area contributed by atoms with Crippen LogP contribution in [0.2, 0.25) is 0 Å². The van der Waals surface area contributed by atoms with E-state index in [9.17, 15) is 4.79 Å². The fourth-order valence-electron chi connectivity index (χ4n) is 1.59. The second kappa shape index (κ2) is 15.2. The average molecular weight is 327 g/mol. The SMILES string of the molecule is NCCNCCNCCNCCN.O=C(O)c1ccccc1O. The highest BCUT2D eigenvalue weighted by Gasteiger charge is 2.05. The monoisotopic (exact) mass is 327 g/mol. The Labute approximate surface area is 137 Å². The molecule has 0 fully saturated rings. The molecule has 0 saturated carbocycles. The van der Waals surface area contributed by atoms with Gasteiger partial charge in [-0.1, -0.05) is 12.1 Å². The van der Waals surface area contributed by atoms with Gasteiger partial charge in [0.2, 0.25) is 0 Å². The summed E-state index contributed by atoms with van der Waals surface area (Å²) in [4.78, 5) is 10.3. The number of benzene rings is 1. The molecule has 0 atom stereocenters. The van der Waals surface area contributed by atoms with E-state index in [-0.39, 0.29) is 11.3 Å². The van der Waals surface area contributed by atoms with Crippen LogP contribution in [0.25, 0.3) is 0 Å². The van der Waals surface area contributed by atoms with Crippen molar-refractivity contribution >= 4 is 5.97 Å². The minimum atomic E-state index is -1.11. The molecule has 0 unspecified atom stereocenters. The maximum atomic E-state index is 10.3. The van der Waals surface area contributed by atoms with Gasteiger partial charge >= 0.3 is 5.97 Å². The Bertz CT molecular complexity index is 408. The van der Waals surface area contributed by atoms with Crippen LogP contribution in [-0.2, 0) is 0 Å². The second-order valence-electron chi connectivity index (χ2n) is 4.65. The van der Waals surface area contributed by atoms with Crippen LogP contribution in [0.5, 0.6) is 5.75 Å². The normalized spacial score (nSPS) is 10.0. The Kier molecular flexibility index (Phi) is 14.1. The van der Waals surface area contributed by atoms with Crippen molar-refractivity contribution in [2.24, 2.45) is 11.5 Å². The molecule has 1 rings (SSSR count). The maximum absolute atomic E-state index is 10.3. The summed E-state index contributed by atoms with van der Waals surface area (Å²) in [5.41, 5.74) is 10.6. The van der Waals surface area contributed by atoms with E-state index in [1.807, 2.05) is 0 Å². The zero-order chi connectivity index (χ0) is 17.3. The molecule has 1 aromatic rings. The molecule has 1 aromatic carbocycles. The molecule has 0 amide bonds. The summed E-state index contributed by atoms with van der Waals surface area (Å²) in [5.74, 6) is -1.31. The molecule has 23 heavy (non-hydrogen) atoms. The Morgan fingerprint density at radius 3 is 1.65 bits per heavy atom. The molecule has 0 aliphatic carbocycles. The van der Waals surface area contributed by atoms with Crippen molar-refractivity contribution in [3.05, 3.63) is 29.8 Å². The highest BCUT2D eigenvalue weighted by atomic mass is 16.4. The van der Waals surface area contributed by atoms with Crippen LogP contribution in [0.4, 0.5) is 0 Å². The van der Waals surface area contributed by atoms with E-state index in [2.05, 4.69) is 16.0 Å². The summed E-state index contributed by atoms with van der Waals surface area (Å²) in [7, 11) is 0. The zero-order valence-corrected chi connectivity index (χ0v) is 13.4. The summed E-state index contributed by atoms with van der Waals surface area (Å²) in [6.45, 7) is 7.15. The van der Waals surface area contributed by atoms with E-state index in [1.54, 1.807) is 12.1 Å². The number of phenols is 1. The lowest BCUT2D eigenvalue weighted by Crippen LogP contribution is -2.35. The van der Waals surface area contributed by atoms with Crippen molar-refractivity contribution in [2.45, 2.75) is 0 Å². The number of hydrogen-bond acceptors (Lipinski definition) is 7. The fraction of sp³-hybridized carbons (Fsp3) is 0.533. The van der Waals surface area contributed by atoms with Crippen molar-refractivity contribution in [3.8, 4) is 5.75 Å². The van der Waals surface area contributed by atoms with Gasteiger partial charge in [0.05, 0.1) is 0 Å². The van der Waals surface area contributed by atoms with Crippen LogP contribution in [0.1, 0.15) is 10.4 Å². The third kappa shape index (κ3) is 12.5. The van der Waals surface area contributed by atoms with Gasteiger partial charge in [-0.05, 0) is 12.1 Å². The summed E-state index contributed by atoms with van der Waals surface area (Å²) in [6.07, 6.45) is 0. The molecule has 0 heterocycles. The van der Waals surface area contributed by atoms with Crippen molar-refractivity contribution in [1.29, 1.82) is 0 Å². The van der Waals surface area contributed by atoms with Crippen LogP contribution in [-0.4, -0.2) is 68.5 Å². The average Bonchev–Trinajstić information content (AvgIpc) is 2.54. The highest BCUT2D eigenvalue weighted by Crippen LogP contribution is 2.14. The van der Waals surface area contributed by atoms with Gasteiger partial charge in [0.15, 0.2) is 0 Å². The molecule has 0 aliphatic heterocycles. The van der Waals surface area contributed by atoms with Crippen LogP contribution in [0.15, 0.2) is 24.3 Å². The summed E-state index contributed by atoms with van der Waals surface area (Å²) < 4.78 is 0. The van der Waals surface area contributed by atoms with Gasteiger partial charge in [-0.25, -0.2) is 4.79 Å². The number of rotatable bonds is 11. The van der Waals surface area contributed by atoms with E-state index in [0.717, 1.165) is 39.3 Å². The number of carboxylic acids is 1. The topological polar surface area (TPSA) is 146 Å². The number of hydrogen-bond donors (Lipinski definition) is 7. The number of para-hydroxylation sites is 1. The van der Waals surface area contributed by atoms with Crippen LogP contribution in [0.3, 0.4) is 0 Å². The van der Waals surface area contributed by atoms with Gasteiger partial charge in [-0.15, -0.1) is 0 Å². The van der Waals surface area contributed by atoms with Crippen molar-refractivity contribution < 1.29 is 15.0 Å².